The molecule has 0 atom stereocenters. The van der Waals surface area contributed by atoms with Crippen molar-refractivity contribution in [2.24, 2.45) is 5.92 Å². The average molecular weight is 325 g/mol. The lowest BCUT2D eigenvalue weighted by atomic mass is 9.93. The maximum Gasteiger partial charge on any atom is 0.181 e. The van der Waals surface area contributed by atoms with Crippen LogP contribution in [0, 0.1) is 5.92 Å². The summed E-state index contributed by atoms with van der Waals surface area (Å²) in [6.07, 6.45) is 5.05. The predicted molar refractivity (Wildman–Crippen MR) is 95.8 cm³/mol. The fraction of sp³-hybridized carbons (Fsp3) is 0.579. The van der Waals surface area contributed by atoms with Crippen LogP contribution in [-0.2, 0) is 0 Å². The van der Waals surface area contributed by atoms with Gasteiger partial charge in [-0.15, -0.1) is 0 Å². The van der Waals surface area contributed by atoms with Gasteiger partial charge in [-0.2, -0.15) is 5.10 Å². The van der Waals surface area contributed by atoms with E-state index in [2.05, 4.69) is 32.5 Å². The second-order valence-corrected chi connectivity index (χ2v) is 7.18. The van der Waals surface area contributed by atoms with Gasteiger partial charge in [0.25, 0.3) is 0 Å². The van der Waals surface area contributed by atoms with Crippen LogP contribution in [0.1, 0.15) is 37.4 Å². The largest absolute Gasteiger partial charge is 0.317 e. The molecule has 128 valence electrons. The number of nitrogens with one attached hydrogen (secondary N) is 2. The first kappa shape index (κ1) is 15.8. The fourth-order valence-electron chi connectivity index (χ4n) is 3.99. The van der Waals surface area contributed by atoms with Crippen molar-refractivity contribution < 1.29 is 0 Å². The normalized spacial score (nSPS) is 21.2. The Morgan fingerprint density at radius 2 is 1.75 bits per heavy atom. The number of benzene rings is 1. The number of piperidine rings is 2. The first-order valence-corrected chi connectivity index (χ1v) is 9.29. The Bertz CT molecular complexity index is 624. The van der Waals surface area contributed by atoms with Gasteiger partial charge in [0.05, 0.1) is 0 Å². The smallest absolute Gasteiger partial charge is 0.181 e. The molecule has 2 N–H and O–H groups in total. The van der Waals surface area contributed by atoms with E-state index in [4.69, 9.17) is 4.98 Å². The number of aromatic nitrogens is 3. The molecule has 4 rings (SSSR count). The van der Waals surface area contributed by atoms with Gasteiger partial charge in [-0.1, -0.05) is 30.3 Å². The number of H-pyrrole nitrogens is 1. The minimum absolute atomic E-state index is 0.527. The highest BCUT2D eigenvalue weighted by Gasteiger charge is 2.25. The summed E-state index contributed by atoms with van der Waals surface area (Å²) in [5.41, 5.74) is 1.09. The molecule has 24 heavy (non-hydrogen) atoms. The Morgan fingerprint density at radius 3 is 2.50 bits per heavy atom. The third-order valence-electron chi connectivity index (χ3n) is 5.48. The maximum atomic E-state index is 4.75. The van der Waals surface area contributed by atoms with E-state index in [-0.39, 0.29) is 0 Å². The first-order valence-electron chi connectivity index (χ1n) is 9.29. The lowest BCUT2D eigenvalue weighted by Gasteiger charge is -2.34. The number of hydrogen-bond acceptors (Lipinski definition) is 4. The van der Waals surface area contributed by atoms with Gasteiger partial charge in [-0.25, -0.2) is 4.98 Å². The average Bonchev–Trinajstić information content (AvgIpc) is 3.14. The van der Waals surface area contributed by atoms with E-state index in [1.54, 1.807) is 0 Å². The number of aromatic amines is 1. The maximum absolute atomic E-state index is 4.75. The quantitative estimate of drug-likeness (QED) is 0.907. The summed E-state index contributed by atoms with van der Waals surface area (Å²) in [4.78, 5) is 7.41. The van der Waals surface area contributed by atoms with Gasteiger partial charge in [-0.05, 0) is 57.8 Å². The van der Waals surface area contributed by atoms with Gasteiger partial charge in [0.2, 0.25) is 0 Å². The van der Waals surface area contributed by atoms with E-state index >= 15 is 0 Å². The third-order valence-corrected chi connectivity index (χ3v) is 5.48. The van der Waals surface area contributed by atoms with Gasteiger partial charge < -0.3 is 10.2 Å². The van der Waals surface area contributed by atoms with E-state index in [0.717, 1.165) is 23.1 Å². The van der Waals surface area contributed by atoms with Gasteiger partial charge in [-0.3, -0.25) is 5.10 Å². The number of rotatable bonds is 4. The van der Waals surface area contributed by atoms with Crippen LogP contribution < -0.4 is 5.32 Å². The molecule has 0 aliphatic carbocycles. The highest BCUT2D eigenvalue weighted by atomic mass is 15.2. The third kappa shape index (κ3) is 3.68. The molecule has 2 fully saturated rings. The van der Waals surface area contributed by atoms with Crippen LogP contribution >= 0.6 is 0 Å². The summed E-state index contributed by atoms with van der Waals surface area (Å²) in [6.45, 7) is 6.05. The molecule has 2 aliphatic rings. The second kappa shape index (κ2) is 7.45. The van der Waals surface area contributed by atoms with Crippen molar-refractivity contribution in [1.82, 2.24) is 25.4 Å². The Hall–Kier alpha value is -1.72. The monoisotopic (exact) mass is 325 g/mol. The van der Waals surface area contributed by atoms with E-state index in [0.29, 0.717) is 5.92 Å². The number of nitrogens with zero attached hydrogens (tertiary/aromatic N) is 3. The Balaban J connectivity index is 1.32. The van der Waals surface area contributed by atoms with Gasteiger partial charge >= 0.3 is 0 Å². The summed E-state index contributed by atoms with van der Waals surface area (Å²) in [5, 5.41) is 11.1. The Kier molecular flexibility index (Phi) is 4.90. The summed E-state index contributed by atoms with van der Waals surface area (Å²) < 4.78 is 0. The summed E-state index contributed by atoms with van der Waals surface area (Å²) >= 11 is 0. The molecular formula is C19H27N5. The molecule has 1 aromatic heterocycles. The van der Waals surface area contributed by atoms with Crippen LogP contribution in [0.25, 0.3) is 11.4 Å². The van der Waals surface area contributed by atoms with Crippen LogP contribution in [0.5, 0.6) is 0 Å². The SMILES string of the molecule is c1ccc(-c2n[nH]c(C3CCN(CC4CCNCC4)CC3)n2)cc1. The summed E-state index contributed by atoms with van der Waals surface area (Å²) in [5.74, 6) is 3.30. The van der Waals surface area contributed by atoms with Crippen molar-refractivity contribution >= 4 is 0 Å². The zero-order valence-corrected chi connectivity index (χ0v) is 14.2. The van der Waals surface area contributed by atoms with E-state index in [9.17, 15) is 0 Å². The van der Waals surface area contributed by atoms with Crippen molar-refractivity contribution in [2.75, 3.05) is 32.7 Å². The lowest BCUT2D eigenvalue weighted by Crippen LogP contribution is -2.40. The molecule has 5 heteroatoms. The fourth-order valence-corrected chi connectivity index (χ4v) is 3.99. The molecule has 2 aliphatic heterocycles. The second-order valence-electron chi connectivity index (χ2n) is 7.18. The van der Waals surface area contributed by atoms with Crippen molar-refractivity contribution in [3.8, 4) is 11.4 Å². The highest BCUT2D eigenvalue weighted by molar-refractivity contribution is 5.53. The molecule has 2 aromatic rings. The van der Waals surface area contributed by atoms with Gasteiger partial charge in [0, 0.05) is 18.0 Å². The molecule has 0 spiro atoms. The van der Waals surface area contributed by atoms with Crippen molar-refractivity contribution in [3.63, 3.8) is 0 Å². The van der Waals surface area contributed by atoms with Crippen molar-refractivity contribution in [3.05, 3.63) is 36.2 Å². The standard InChI is InChI=1S/C19H27N5/c1-2-4-16(5-3-1)18-21-19(23-22-18)17-8-12-24(13-9-17)14-15-6-10-20-11-7-15/h1-5,15,17,20H,6-14H2,(H,21,22,23). The molecule has 0 amide bonds. The van der Waals surface area contributed by atoms with Crippen LogP contribution in [0.3, 0.4) is 0 Å². The van der Waals surface area contributed by atoms with Gasteiger partial charge in [0.15, 0.2) is 5.82 Å². The highest BCUT2D eigenvalue weighted by Crippen LogP contribution is 2.28. The van der Waals surface area contributed by atoms with Crippen LogP contribution in [0.15, 0.2) is 30.3 Å². The molecule has 2 saturated heterocycles. The van der Waals surface area contributed by atoms with Gasteiger partial charge in [0.1, 0.15) is 5.82 Å². The predicted octanol–water partition coefficient (Wildman–Crippen LogP) is 2.65. The number of likely N-dealkylation sites (tertiary alicyclic amines) is 1. The van der Waals surface area contributed by atoms with Crippen molar-refractivity contribution in [1.29, 1.82) is 0 Å². The minimum atomic E-state index is 0.527. The summed E-state index contributed by atoms with van der Waals surface area (Å²) in [7, 11) is 0. The Labute approximate surface area is 143 Å². The van der Waals surface area contributed by atoms with Crippen LogP contribution in [-0.4, -0.2) is 52.8 Å². The summed E-state index contributed by atoms with van der Waals surface area (Å²) in [6, 6.07) is 10.2. The van der Waals surface area contributed by atoms with E-state index in [1.165, 1.54) is 58.4 Å². The number of hydrogen-bond donors (Lipinski definition) is 2. The molecule has 0 saturated carbocycles. The van der Waals surface area contributed by atoms with E-state index < -0.39 is 0 Å². The minimum Gasteiger partial charge on any atom is -0.317 e. The zero-order chi connectivity index (χ0) is 16.2. The first-order chi connectivity index (χ1) is 11.9. The van der Waals surface area contributed by atoms with Crippen molar-refractivity contribution in [2.45, 2.75) is 31.6 Å². The molecule has 0 bridgehead atoms. The Morgan fingerprint density at radius 1 is 1.00 bits per heavy atom. The molecule has 1 aromatic carbocycles. The topological polar surface area (TPSA) is 56.8 Å². The molecule has 0 radical (unpaired) electrons. The molecule has 3 heterocycles. The van der Waals surface area contributed by atoms with Crippen LogP contribution in [0.4, 0.5) is 0 Å². The van der Waals surface area contributed by atoms with E-state index in [1.807, 2.05) is 18.2 Å². The molecule has 5 nitrogen and oxygen atoms in total. The molecule has 0 unspecified atom stereocenters. The zero-order valence-electron chi connectivity index (χ0n) is 14.2. The molecular weight excluding hydrogens is 298 g/mol. The van der Waals surface area contributed by atoms with Crippen LogP contribution in [0.2, 0.25) is 0 Å². The lowest BCUT2D eigenvalue weighted by molar-refractivity contribution is 0.165.